The minimum Gasteiger partial charge on any atom is -0.396 e. The first-order valence-corrected chi connectivity index (χ1v) is 3.17. The summed E-state index contributed by atoms with van der Waals surface area (Å²) in [7, 11) is 0. The molecule has 0 aliphatic carbocycles. The second kappa shape index (κ2) is 3.71. The lowest BCUT2D eigenvalue weighted by atomic mass is 9.86. The van der Waals surface area contributed by atoms with Gasteiger partial charge in [-0.1, -0.05) is 19.0 Å². The van der Waals surface area contributed by atoms with Gasteiger partial charge in [-0.2, -0.15) is 4.91 Å². The first kappa shape index (κ1) is 10.4. The van der Waals surface area contributed by atoms with Crippen LogP contribution in [0.15, 0.2) is 5.18 Å². The zero-order valence-electron chi connectivity index (χ0n) is 6.42. The third-order valence-corrected chi connectivity index (χ3v) is 1.56. The van der Waals surface area contributed by atoms with Crippen molar-refractivity contribution in [3.8, 4) is 0 Å². The van der Waals surface area contributed by atoms with Gasteiger partial charge in [0.25, 0.3) is 6.43 Å². The third-order valence-electron chi connectivity index (χ3n) is 1.56. The summed E-state index contributed by atoms with van der Waals surface area (Å²) < 4.78 is 24.0. The fourth-order valence-electron chi connectivity index (χ4n) is 0.623. The molecule has 1 unspecified atom stereocenters. The van der Waals surface area contributed by atoms with Crippen LogP contribution in [0.3, 0.4) is 0 Å². The van der Waals surface area contributed by atoms with Crippen LogP contribution < -0.4 is 0 Å². The van der Waals surface area contributed by atoms with Gasteiger partial charge in [-0.3, -0.25) is 0 Å². The quantitative estimate of drug-likeness (QED) is 0.643. The second-order valence-corrected chi connectivity index (χ2v) is 3.03. The van der Waals surface area contributed by atoms with Crippen molar-refractivity contribution in [1.29, 1.82) is 0 Å². The topological polar surface area (TPSA) is 49.7 Å². The molecule has 5 heteroatoms. The number of hydrogen-bond donors (Lipinski definition) is 1. The van der Waals surface area contributed by atoms with E-state index in [4.69, 9.17) is 5.11 Å². The van der Waals surface area contributed by atoms with E-state index in [1.807, 2.05) is 0 Å². The van der Waals surface area contributed by atoms with Gasteiger partial charge in [0.2, 0.25) is 0 Å². The third kappa shape index (κ3) is 2.49. The fraction of sp³-hybridized carbons (Fsp3) is 1.00. The first-order chi connectivity index (χ1) is 4.95. The van der Waals surface area contributed by atoms with Crippen LogP contribution in [-0.2, 0) is 0 Å². The van der Waals surface area contributed by atoms with Crippen molar-refractivity contribution in [1.82, 2.24) is 0 Å². The van der Waals surface area contributed by atoms with E-state index in [0.29, 0.717) is 0 Å². The molecule has 0 aliphatic heterocycles. The summed E-state index contributed by atoms with van der Waals surface area (Å²) in [6, 6.07) is -1.63. The molecule has 0 radical (unpaired) electrons. The van der Waals surface area contributed by atoms with Crippen molar-refractivity contribution >= 4 is 0 Å². The molecular formula is C6H11F2NO2. The minimum atomic E-state index is -2.81. The van der Waals surface area contributed by atoms with E-state index in [2.05, 4.69) is 5.18 Å². The highest BCUT2D eigenvalue weighted by Gasteiger charge is 2.37. The number of nitroso groups, excluding NO2 is 1. The van der Waals surface area contributed by atoms with Crippen LogP contribution in [0.4, 0.5) is 8.78 Å². The Morgan fingerprint density at radius 1 is 1.55 bits per heavy atom. The second-order valence-electron chi connectivity index (χ2n) is 3.03. The Balaban J connectivity index is 4.35. The molecule has 0 saturated heterocycles. The number of aliphatic hydroxyl groups excluding tert-OH is 1. The number of hydrogen-bond acceptors (Lipinski definition) is 3. The average molecular weight is 167 g/mol. The molecule has 66 valence electrons. The summed E-state index contributed by atoms with van der Waals surface area (Å²) in [6.45, 7) is 2.25. The number of alkyl halides is 2. The molecule has 0 aromatic rings. The minimum absolute atomic E-state index is 0.478. The molecule has 1 atom stereocenters. The zero-order chi connectivity index (χ0) is 9.07. The predicted octanol–water partition coefficient (Wildman–Crippen LogP) is 1.41. The Morgan fingerprint density at radius 2 is 2.00 bits per heavy atom. The fourth-order valence-corrected chi connectivity index (χ4v) is 0.623. The number of nitrogens with zero attached hydrogens (tertiary/aromatic N) is 1. The van der Waals surface area contributed by atoms with Crippen molar-refractivity contribution in [3.63, 3.8) is 0 Å². The number of rotatable bonds is 4. The van der Waals surface area contributed by atoms with Crippen LogP contribution in [0, 0.1) is 10.3 Å². The van der Waals surface area contributed by atoms with Gasteiger partial charge in [0.05, 0.1) is 6.61 Å². The van der Waals surface area contributed by atoms with E-state index in [9.17, 15) is 13.7 Å². The molecular weight excluding hydrogens is 156 g/mol. The van der Waals surface area contributed by atoms with E-state index >= 15 is 0 Å². The molecule has 0 rings (SSSR count). The lowest BCUT2D eigenvalue weighted by Crippen LogP contribution is -2.36. The van der Waals surface area contributed by atoms with Gasteiger partial charge < -0.3 is 5.11 Å². The van der Waals surface area contributed by atoms with Crippen molar-refractivity contribution in [2.24, 2.45) is 10.6 Å². The molecule has 0 fully saturated rings. The van der Waals surface area contributed by atoms with Crippen molar-refractivity contribution in [2.45, 2.75) is 26.3 Å². The van der Waals surface area contributed by atoms with Crippen LogP contribution in [0.5, 0.6) is 0 Å². The molecule has 3 nitrogen and oxygen atoms in total. The van der Waals surface area contributed by atoms with Gasteiger partial charge in [-0.25, -0.2) is 8.78 Å². The Bertz CT molecular complexity index is 139. The Kier molecular flexibility index (Phi) is 3.51. The maximum Gasteiger partial charge on any atom is 0.264 e. The van der Waals surface area contributed by atoms with Gasteiger partial charge in [0.1, 0.15) is 0 Å². The molecule has 0 aromatic carbocycles. The lowest BCUT2D eigenvalue weighted by Gasteiger charge is -2.25. The molecule has 0 heterocycles. The normalized spacial score (nSPS) is 15.1. The molecule has 0 aromatic heterocycles. The molecule has 0 aliphatic rings. The predicted molar refractivity (Wildman–Crippen MR) is 36.5 cm³/mol. The largest absolute Gasteiger partial charge is 0.396 e. The molecule has 0 amide bonds. The van der Waals surface area contributed by atoms with Crippen LogP contribution in [0.2, 0.25) is 0 Å². The van der Waals surface area contributed by atoms with Gasteiger partial charge in [-0.15, -0.1) is 0 Å². The molecule has 0 bridgehead atoms. The average Bonchev–Trinajstić information content (AvgIpc) is 1.88. The Labute approximate surface area is 63.4 Å². The summed E-state index contributed by atoms with van der Waals surface area (Å²) in [5.74, 6) is 0. The maximum absolute atomic E-state index is 12.0. The van der Waals surface area contributed by atoms with Crippen LogP contribution in [-0.4, -0.2) is 24.2 Å². The van der Waals surface area contributed by atoms with Crippen molar-refractivity contribution < 1.29 is 13.9 Å². The van der Waals surface area contributed by atoms with E-state index < -0.39 is 24.5 Å². The van der Waals surface area contributed by atoms with Crippen LogP contribution in [0.25, 0.3) is 0 Å². The summed E-state index contributed by atoms with van der Waals surface area (Å²) in [4.78, 5) is 9.91. The molecule has 0 saturated carbocycles. The van der Waals surface area contributed by atoms with Crippen molar-refractivity contribution in [2.75, 3.05) is 6.61 Å². The summed E-state index contributed by atoms with van der Waals surface area (Å²) in [5, 5.41) is 10.9. The van der Waals surface area contributed by atoms with E-state index in [1.165, 1.54) is 13.8 Å². The lowest BCUT2D eigenvalue weighted by molar-refractivity contribution is 0.0281. The smallest absolute Gasteiger partial charge is 0.264 e. The monoisotopic (exact) mass is 167 g/mol. The first-order valence-electron chi connectivity index (χ1n) is 3.17. The van der Waals surface area contributed by atoms with Gasteiger partial charge in [-0.05, 0) is 0 Å². The summed E-state index contributed by atoms with van der Waals surface area (Å²) in [5.41, 5.74) is -1.14. The molecule has 11 heavy (non-hydrogen) atoms. The number of aliphatic hydroxyl groups is 1. The standard InChI is InChI=1S/C6H11F2NO2/c1-6(2,3-10)4(9-11)5(7)8/h4-5,10H,3H2,1-2H3. The van der Waals surface area contributed by atoms with Gasteiger partial charge >= 0.3 is 0 Å². The highest BCUT2D eigenvalue weighted by molar-refractivity contribution is 4.85. The van der Waals surface area contributed by atoms with Gasteiger partial charge in [0, 0.05) is 5.41 Å². The Hall–Kier alpha value is -0.580. The molecule has 1 N–H and O–H groups in total. The Morgan fingerprint density at radius 3 is 2.09 bits per heavy atom. The van der Waals surface area contributed by atoms with Crippen molar-refractivity contribution in [3.05, 3.63) is 4.91 Å². The van der Waals surface area contributed by atoms with E-state index in [1.54, 1.807) is 0 Å². The summed E-state index contributed by atoms with van der Waals surface area (Å²) >= 11 is 0. The van der Waals surface area contributed by atoms with Crippen LogP contribution >= 0.6 is 0 Å². The maximum atomic E-state index is 12.0. The van der Waals surface area contributed by atoms with E-state index in [0.717, 1.165) is 0 Å². The summed E-state index contributed by atoms with van der Waals surface area (Å²) in [6.07, 6.45) is -2.81. The SMILES string of the molecule is CC(C)(CO)C(N=O)C(F)F. The zero-order valence-corrected chi connectivity index (χ0v) is 6.42. The van der Waals surface area contributed by atoms with E-state index in [-0.39, 0.29) is 0 Å². The highest BCUT2D eigenvalue weighted by Crippen LogP contribution is 2.27. The highest BCUT2D eigenvalue weighted by atomic mass is 19.3. The van der Waals surface area contributed by atoms with Crippen LogP contribution in [0.1, 0.15) is 13.8 Å². The van der Waals surface area contributed by atoms with Gasteiger partial charge in [0.15, 0.2) is 6.04 Å². The number of halogens is 2. The molecule has 0 spiro atoms.